The molecule has 2 rings (SSSR count). The van der Waals surface area contributed by atoms with Crippen LogP contribution < -0.4 is 10.5 Å². The Morgan fingerprint density at radius 2 is 2.17 bits per heavy atom. The summed E-state index contributed by atoms with van der Waals surface area (Å²) in [5.41, 5.74) is 5.78. The summed E-state index contributed by atoms with van der Waals surface area (Å²) in [6.45, 7) is 1.46. The van der Waals surface area contributed by atoms with Gasteiger partial charge in [-0.3, -0.25) is 4.72 Å². The summed E-state index contributed by atoms with van der Waals surface area (Å²) in [7, 11) is -3.95. The third-order valence-electron chi connectivity index (χ3n) is 2.19. The second kappa shape index (κ2) is 4.46. The molecule has 96 valence electrons. The highest BCUT2D eigenvalue weighted by molar-refractivity contribution is 7.93. The Kier molecular flexibility index (Phi) is 3.13. The zero-order valence-electron chi connectivity index (χ0n) is 9.08. The van der Waals surface area contributed by atoms with Gasteiger partial charge in [0.25, 0.3) is 10.0 Å². The van der Waals surface area contributed by atoms with Gasteiger partial charge in [0.1, 0.15) is 5.82 Å². The van der Waals surface area contributed by atoms with Crippen molar-refractivity contribution >= 4 is 32.4 Å². The molecule has 0 unspecified atom stereocenters. The molecule has 0 saturated heterocycles. The van der Waals surface area contributed by atoms with Crippen molar-refractivity contribution in [1.82, 2.24) is 14.8 Å². The minimum Gasteiger partial charge on any atom is -0.398 e. The van der Waals surface area contributed by atoms with Gasteiger partial charge < -0.3 is 5.73 Å². The normalized spacial score (nSPS) is 11.4. The van der Waals surface area contributed by atoms with Crippen LogP contribution in [0.25, 0.3) is 0 Å². The molecule has 18 heavy (non-hydrogen) atoms. The van der Waals surface area contributed by atoms with Gasteiger partial charge >= 0.3 is 0 Å². The lowest BCUT2D eigenvalue weighted by Gasteiger charge is -2.07. The van der Waals surface area contributed by atoms with Crippen molar-refractivity contribution in [2.45, 2.75) is 11.8 Å². The number of rotatable bonds is 3. The fraction of sp³-hybridized carbons (Fsp3) is 0.125. The Morgan fingerprint density at radius 1 is 1.44 bits per heavy atom. The number of nitrogens with two attached hydrogens (primary N) is 1. The molecule has 0 atom stereocenters. The molecule has 1 aromatic carbocycles. The van der Waals surface area contributed by atoms with Gasteiger partial charge in [0.05, 0.1) is 4.90 Å². The van der Waals surface area contributed by atoms with E-state index in [2.05, 4.69) is 19.5 Å². The minimum absolute atomic E-state index is 0.00504. The summed E-state index contributed by atoms with van der Waals surface area (Å²) in [5, 5.41) is 6.67. The van der Waals surface area contributed by atoms with Crippen LogP contribution in [0.1, 0.15) is 5.56 Å². The smallest absolute Gasteiger partial charge is 0.263 e. The first kappa shape index (κ1) is 12.6. The van der Waals surface area contributed by atoms with Crippen molar-refractivity contribution in [2.75, 3.05) is 10.5 Å². The lowest BCUT2D eigenvalue weighted by atomic mass is 10.2. The lowest BCUT2D eigenvalue weighted by Crippen LogP contribution is -2.14. The number of nitrogen functional groups attached to an aromatic ring is 1. The standard InChI is InChI=1S/C8H8FN5O2S2/c1-4-6(9)2-5(3-7(4)10)18(15,16)12-8-11-13-14-17-8/h2-3H,10H2,1H3,(H,11,12,14). The largest absolute Gasteiger partial charge is 0.398 e. The maximum absolute atomic E-state index is 13.4. The molecule has 0 aliphatic carbocycles. The van der Waals surface area contributed by atoms with Crippen molar-refractivity contribution in [3.05, 3.63) is 23.5 Å². The van der Waals surface area contributed by atoms with Crippen molar-refractivity contribution in [3.63, 3.8) is 0 Å². The number of halogens is 1. The van der Waals surface area contributed by atoms with Crippen LogP contribution in [0.15, 0.2) is 17.0 Å². The molecule has 0 bridgehead atoms. The first-order valence-electron chi connectivity index (χ1n) is 4.63. The third-order valence-corrected chi connectivity index (χ3v) is 4.15. The fourth-order valence-corrected chi connectivity index (χ4v) is 2.81. The van der Waals surface area contributed by atoms with Gasteiger partial charge in [-0.25, -0.2) is 12.8 Å². The highest BCUT2D eigenvalue weighted by Gasteiger charge is 2.19. The number of hydrogen-bond acceptors (Lipinski definition) is 7. The molecule has 10 heteroatoms. The third kappa shape index (κ3) is 2.38. The molecule has 0 saturated carbocycles. The summed E-state index contributed by atoms with van der Waals surface area (Å²) in [6, 6.07) is 2.07. The average Bonchev–Trinajstić information content (AvgIpc) is 2.77. The fourth-order valence-electron chi connectivity index (χ4n) is 1.18. The molecule has 0 aliphatic heterocycles. The van der Waals surface area contributed by atoms with E-state index in [4.69, 9.17) is 5.73 Å². The molecule has 0 fully saturated rings. The monoisotopic (exact) mass is 289 g/mol. The van der Waals surface area contributed by atoms with Gasteiger partial charge in [0, 0.05) is 22.8 Å². The van der Waals surface area contributed by atoms with E-state index in [9.17, 15) is 12.8 Å². The zero-order chi connectivity index (χ0) is 13.3. The second-order valence-corrected chi connectivity index (χ2v) is 5.81. The van der Waals surface area contributed by atoms with Crippen LogP contribution >= 0.6 is 11.5 Å². The highest BCUT2D eigenvalue weighted by atomic mass is 32.2. The van der Waals surface area contributed by atoms with Crippen molar-refractivity contribution in [2.24, 2.45) is 0 Å². The van der Waals surface area contributed by atoms with E-state index in [1.165, 1.54) is 13.0 Å². The first-order valence-corrected chi connectivity index (χ1v) is 6.89. The van der Waals surface area contributed by atoms with Crippen molar-refractivity contribution < 1.29 is 12.8 Å². The summed E-state index contributed by atoms with van der Waals surface area (Å²) in [5.74, 6) is -0.689. The molecule has 0 radical (unpaired) electrons. The number of nitrogens with one attached hydrogen (secondary N) is 1. The molecule has 0 amide bonds. The van der Waals surface area contributed by atoms with Gasteiger partial charge in [-0.1, -0.05) is 9.59 Å². The van der Waals surface area contributed by atoms with Crippen molar-refractivity contribution in [1.29, 1.82) is 0 Å². The topological polar surface area (TPSA) is 111 Å². The predicted molar refractivity (Wildman–Crippen MR) is 64.1 cm³/mol. The Morgan fingerprint density at radius 3 is 2.72 bits per heavy atom. The molecular formula is C8H8FN5O2S2. The average molecular weight is 289 g/mol. The van der Waals surface area contributed by atoms with Gasteiger partial charge in [-0.15, -0.1) is 0 Å². The molecule has 3 N–H and O–H groups in total. The number of benzene rings is 1. The summed E-state index contributed by atoms with van der Waals surface area (Å²) >= 11 is 0.769. The first-order chi connectivity index (χ1) is 8.40. The minimum atomic E-state index is -3.95. The molecule has 2 aromatic rings. The number of anilines is 2. The van der Waals surface area contributed by atoms with E-state index in [1.807, 2.05) is 0 Å². The van der Waals surface area contributed by atoms with Gasteiger partial charge in [-0.05, 0) is 24.3 Å². The maximum Gasteiger partial charge on any atom is 0.263 e. The molecular weight excluding hydrogens is 281 g/mol. The van der Waals surface area contributed by atoms with E-state index in [1.54, 1.807) is 0 Å². The lowest BCUT2D eigenvalue weighted by molar-refractivity contribution is 0.593. The highest BCUT2D eigenvalue weighted by Crippen LogP contribution is 2.22. The molecule has 1 heterocycles. The quantitative estimate of drug-likeness (QED) is 0.807. The Hall–Kier alpha value is -1.81. The number of nitrogens with zero attached hydrogens (tertiary/aromatic N) is 3. The molecule has 0 aliphatic rings. The Bertz CT molecular complexity index is 648. The summed E-state index contributed by atoms with van der Waals surface area (Å²) < 4.78 is 42.8. The van der Waals surface area contributed by atoms with Crippen LogP contribution in [-0.4, -0.2) is 23.2 Å². The van der Waals surface area contributed by atoms with Crippen LogP contribution in [0.3, 0.4) is 0 Å². The van der Waals surface area contributed by atoms with Crippen LogP contribution in [0.4, 0.5) is 15.2 Å². The number of hydrogen-bond donors (Lipinski definition) is 2. The van der Waals surface area contributed by atoms with Crippen molar-refractivity contribution in [3.8, 4) is 0 Å². The summed E-state index contributed by atoms with van der Waals surface area (Å²) in [6.07, 6.45) is 0. The SMILES string of the molecule is Cc1c(N)cc(S(=O)(=O)Nc2nnns2)cc1F. The van der Waals surface area contributed by atoms with E-state index >= 15 is 0 Å². The van der Waals surface area contributed by atoms with Gasteiger partial charge in [0.15, 0.2) is 0 Å². The Labute approximate surface area is 106 Å². The van der Waals surface area contributed by atoms with Crippen LogP contribution in [-0.2, 0) is 10.0 Å². The molecule has 1 aromatic heterocycles. The van der Waals surface area contributed by atoms with E-state index in [0.29, 0.717) is 0 Å². The Balaban J connectivity index is 2.42. The number of aromatic nitrogens is 3. The van der Waals surface area contributed by atoms with Gasteiger partial charge in [-0.2, -0.15) is 0 Å². The second-order valence-electron chi connectivity index (χ2n) is 3.39. The van der Waals surface area contributed by atoms with Gasteiger partial charge in [0.2, 0.25) is 5.13 Å². The maximum atomic E-state index is 13.4. The van der Waals surface area contributed by atoms with E-state index in [0.717, 1.165) is 17.6 Å². The van der Waals surface area contributed by atoms with E-state index in [-0.39, 0.29) is 21.3 Å². The number of sulfonamides is 1. The molecule has 7 nitrogen and oxygen atoms in total. The van der Waals surface area contributed by atoms with Crippen LogP contribution in [0.2, 0.25) is 0 Å². The van der Waals surface area contributed by atoms with Crippen LogP contribution in [0, 0.1) is 12.7 Å². The molecule has 0 spiro atoms. The zero-order valence-corrected chi connectivity index (χ0v) is 10.7. The van der Waals surface area contributed by atoms with E-state index < -0.39 is 15.8 Å². The summed E-state index contributed by atoms with van der Waals surface area (Å²) in [4.78, 5) is -0.279. The predicted octanol–water partition coefficient (Wildman–Crippen LogP) is 0.764. The van der Waals surface area contributed by atoms with Crippen LogP contribution in [0.5, 0.6) is 0 Å².